The van der Waals surface area contributed by atoms with Gasteiger partial charge in [-0.25, -0.2) is 14.8 Å². The van der Waals surface area contributed by atoms with Crippen molar-refractivity contribution >= 4 is 46.7 Å². The number of ether oxygens (including phenoxy) is 2. The van der Waals surface area contributed by atoms with Gasteiger partial charge in [-0.3, -0.25) is 4.79 Å². The predicted molar refractivity (Wildman–Crippen MR) is 119 cm³/mol. The Kier molecular flexibility index (Phi) is 7.04. The zero-order valence-corrected chi connectivity index (χ0v) is 18.1. The molecule has 1 aliphatic heterocycles. The van der Waals surface area contributed by atoms with Gasteiger partial charge in [0.05, 0.1) is 37.1 Å². The highest BCUT2D eigenvalue weighted by Crippen LogP contribution is 2.30. The molecule has 31 heavy (non-hydrogen) atoms. The number of pyridine rings is 2. The second kappa shape index (κ2) is 9.72. The van der Waals surface area contributed by atoms with Crippen LogP contribution in [0.4, 0.5) is 11.4 Å². The minimum absolute atomic E-state index is 0. The van der Waals surface area contributed by atoms with Crippen LogP contribution < -0.4 is 5.32 Å². The van der Waals surface area contributed by atoms with E-state index < -0.39 is 5.97 Å². The predicted octanol–water partition coefficient (Wildman–Crippen LogP) is 3.36. The Balaban J connectivity index is 0.00000272. The molecule has 0 bridgehead atoms. The summed E-state index contributed by atoms with van der Waals surface area (Å²) in [6.07, 6.45) is 1.55. The van der Waals surface area contributed by atoms with E-state index in [1.807, 2.05) is 25.1 Å². The molecule has 1 fully saturated rings. The van der Waals surface area contributed by atoms with E-state index in [2.05, 4.69) is 15.3 Å². The normalized spacial score (nSPS) is 13.4. The summed E-state index contributed by atoms with van der Waals surface area (Å²) in [5.74, 6) is -0.556. The van der Waals surface area contributed by atoms with E-state index in [4.69, 9.17) is 9.47 Å². The molecule has 8 nitrogen and oxygen atoms in total. The molecule has 2 aromatic heterocycles. The molecule has 3 heterocycles. The number of carbonyl (C=O) groups is 2. The number of carbonyl (C=O) groups excluding carboxylic acids is 2. The van der Waals surface area contributed by atoms with Crippen molar-refractivity contribution in [2.75, 3.05) is 38.7 Å². The maximum atomic E-state index is 13.2. The van der Waals surface area contributed by atoms with Crippen LogP contribution in [0.5, 0.6) is 0 Å². The number of methoxy groups -OCH3 is 1. The number of benzene rings is 1. The lowest BCUT2D eigenvalue weighted by molar-refractivity contribution is 0.0303. The number of hydrogen-bond acceptors (Lipinski definition) is 7. The van der Waals surface area contributed by atoms with Crippen molar-refractivity contribution in [3.63, 3.8) is 0 Å². The number of aryl methyl sites for hydroxylation is 1. The number of halogens is 1. The van der Waals surface area contributed by atoms with Gasteiger partial charge in [0.2, 0.25) is 0 Å². The number of morpholine rings is 1. The van der Waals surface area contributed by atoms with Crippen molar-refractivity contribution in [1.82, 2.24) is 14.9 Å². The molecule has 0 unspecified atom stereocenters. The van der Waals surface area contributed by atoms with Gasteiger partial charge in [-0.15, -0.1) is 12.4 Å². The SMILES string of the molecule is COC(=O)c1cccc(Nc2c(C(=O)N3CCOCC3)cnc3nc(C)ccc23)c1.Cl. The molecule has 4 rings (SSSR count). The number of hydrogen-bond donors (Lipinski definition) is 1. The maximum Gasteiger partial charge on any atom is 0.337 e. The fourth-order valence-corrected chi connectivity index (χ4v) is 3.39. The zero-order valence-electron chi connectivity index (χ0n) is 17.3. The summed E-state index contributed by atoms with van der Waals surface area (Å²) >= 11 is 0. The first-order valence-corrected chi connectivity index (χ1v) is 9.65. The van der Waals surface area contributed by atoms with Crippen LogP contribution in [0.2, 0.25) is 0 Å². The van der Waals surface area contributed by atoms with Crippen molar-refractivity contribution in [2.45, 2.75) is 6.92 Å². The number of nitrogens with one attached hydrogen (secondary N) is 1. The average molecular weight is 443 g/mol. The molecule has 0 spiro atoms. The third-order valence-electron chi connectivity index (χ3n) is 4.95. The van der Waals surface area contributed by atoms with Crippen LogP contribution in [-0.4, -0.2) is 60.2 Å². The summed E-state index contributed by atoms with van der Waals surface area (Å²) in [5, 5.41) is 4.03. The van der Waals surface area contributed by atoms with Gasteiger partial charge in [0.25, 0.3) is 5.91 Å². The van der Waals surface area contributed by atoms with Gasteiger partial charge in [0, 0.05) is 36.1 Å². The third kappa shape index (κ3) is 4.76. The van der Waals surface area contributed by atoms with Gasteiger partial charge in [0.1, 0.15) is 0 Å². The monoisotopic (exact) mass is 442 g/mol. The quantitative estimate of drug-likeness (QED) is 0.619. The molecular formula is C22H23ClN4O4. The first-order chi connectivity index (χ1) is 14.6. The number of anilines is 2. The highest BCUT2D eigenvalue weighted by atomic mass is 35.5. The number of amides is 1. The second-order valence-electron chi connectivity index (χ2n) is 6.97. The molecule has 162 valence electrons. The van der Waals surface area contributed by atoms with Crippen molar-refractivity contribution in [2.24, 2.45) is 0 Å². The third-order valence-corrected chi connectivity index (χ3v) is 4.95. The fourth-order valence-electron chi connectivity index (χ4n) is 3.39. The topological polar surface area (TPSA) is 93.7 Å². The summed E-state index contributed by atoms with van der Waals surface area (Å²) in [7, 11) is 1.34. The maximum absolute atomic E-state index is 13.2. The van der Waals surface area contributed by atoms with Crippen LogP contribution in [0.3, 0.4) is 0 Å². The summed E-state index contributed by atoms with van der Waals surface area (Å²) in [4.78, 5) is 35.8. The van der Waals surface area contributed by atoms with E-state index in [0.29, 0.717) is 54.5 Å². The van der Waals surface area contributed by atoms with Gasteiger partial charge >= 0.3 is 5.97 Å². The summed E-state index contributed by atoms with van der Waals surface area (Å²) in [6, 6.07) is 10.7. The fraction of sp³-hybridized carbons (Fsp3) is 0.273. The molecule has 1 amide bonds. The van der Waals surface area contributed by atoms with Crippen LogP contribution >= 0.6 is 12.4 Å². The van der Waals surface area contributed by atoms with Crippen LogP contribution in [0, 0.1) is 6.92 Å². The van der Waals surface area contributed by atoms with Crippen LogP contribution in [0.1, 0.15) is 26.4 Å². The van der Waals surface area contributed by atoms with Gasteiger partial charge in [-0.1, -0.05) is 6.07 Å². The number of fused-ring (bicyclic) bond motifs is 1. The molecule has 3 aromatic rings. The molecular weight excluding hydrogens is 420 g/mol. The first kappa shape index (κ1) is 22.5. The van der Waals surface area contributed by atoms with E-state index in [9.17, 15) is 9.59 Å². The molecule has 1 saturated heterocycles. The lowest BCUT2D eigenvalue weighted by Crippen LogP contribution is -2.41. The van der Waals surface area contributed by atoms with Crippen LogP contribution in [0.25, 0.3) is 11.0 Å². The van der Waals surface area contributed by atoms with E-state index >= 15 is 0 Å². The Hall–Kier alpha value is -3.23. The Morgan fingerprint density at radius 3 is 2.68 bits per heavy atom. The Morgan fingerprint density at radius 2 is 1.94 bits per heavy atom. The van der Waals surface area contributed by atoms with E-state index in [1.165, 1.54) is 7.11 Å². The van der Waals surface area contributed by atoms with E-state index in [1.54, 1.807) is 29.3 Å². The van der Waals surface area contributed by atoms with Gasteiger partial charge in [-0.05, 0) is 37.3 Å². The van der Waals surface area contributed by atoms with E-state index in [-0.39, 0.29) is 18.3 Å². The number of aromatic nitrogens is 2. The van der Waals surface area contributed by atoms with Crippen molar-refractivity contribution in [3.8, 4) is 0 Å². The Morgan fingerprint density at radius 1 is 1.16 bits per heavy atom. The summed E-state index contributed by atoms with van der Waals surface area (Å²) in [5.41, 5.74) is 3.49. The summed E-state index contributed by atoms with van der Waals surface area (Å²) < 4.78 is 10.2. The van der Waals surface area contributed by atoms with Crippen molar-refractivity contribution in [3.05, 3.63) is 59.4 Å². The molecule has 1 N–H and O–H groups in total. The zero-order chi connectivity index (χ0) is 21.1. The average Bonchev–Trinajstić information content (AvgIpc) is 2.79. The molecule has 0 atom stereocenters. The molecule has 0 radical (unpaired) electrons. The van der Waals surface area contributed by atoms with Crippen molar-refractivity contribution < 1.29 is 19.1 Å². The molecule has 1 aromatic carbocycles. The number of rotatable bonds is 4. The molecule has 0 saturated carbocycles. The highest BCUT2D eigenvalue weighted by molar-refractivity contribution is 6.07. The summed E-state index contributed by atoms with van der Waals surface area (Å²) in [6.45, 7) is 3.97. The molecule has 1 aliphatic rings. The highest BCUT2D eigenvalue weighted by Gasteiger charge is 2.23. The molecule has 9 heteroatoms. The van der Waals surface area contributed by atoms with Crippen LogP contribution in [0.15, 0.2) is 42.6 Å². The van der Waals surface area contributed by atoms with E-state index in [0.717, 1.165) is 11.1 Å². The molecule has 0 aliphatic carbocycles. The minimum Gasteiger partial charge on any atom is -0.465 e. The first-order valence-electron chi connectivity index (χ1n) is 9.65. The lowest BCUT2D eigenvalue weighted by atomic mass is 10.1. The Bertz CT molecular complexity index is 1120. The number of esters is 1. The number of nitrogens with zero attached hydrogens (tertiary/aromatic N) is 3. The van der Waals surface area contributed by atoms with Gasteiger partial charge < -0.3 is 19.7 Å². The van der Waals surface area contributed by atoms with Crippen molar-refractivity contribution in [1.29, 1.82) is 0 Å². The standard InChI is InChI=1S/C22H22N4O4.ClH/c1-14-6-7-17-19(25-16-5-3-4-15(12-16)22(28)29-2)18(13-23-20(17)24-14)21(27)26-8-10-30-11-9-26;/h3-7,12-13H,8-11H2,1-2H3,(H,23,24,25);1H. The smallest absolute Gasteiger partial charge is 0.337 e. The lowest BCUT2D eigenvalue weighted by Gasteiger charge is -2.27. The largest absolute Gasteiger partial charge is 0.465 e. The second-order valence-corrected chi connectivity index (χ2v) is 6.97. The Labute approximate surface area is 186 Å². The van der Waals surface area contributed by atoms with Gasteiger partial charge in [0.15, 0.2) is 5.65 Å². The minimum atomic E-state index is -0.430. The van der Waals surface area contributed by atoms with Gasteiger partial charge in [-0.2, -0.15) is 0 Å². The van der Waals surface area contributed by atoms with Crippen LogP contribution in [-0.2, 0) is 9.47 Å².